The number of nitrogens with two attached hydrogens (primary N) is 1. The maximum Gasteiger partial charge on any atom is 0.414 e. The molecule has 0 bridgehead atoms. The molecule has 260 valence electrons. The molecule has 2 saturated carbocycles. The van der Waals surface area contributed by atoms with Crippen LogP contribution >= 0.6 is 0 Å². The molecule has 5 rings (SSSR count). The minimum Gasteiger partial charge on any atom is -0.505 e. The molecular formula is C34H38N4O11. The molecule has 2 unspecified atom stereocenters. The molecule has 0 spiro atoms. The fraction of sp³-hybridized carbons (Fsp3) is 0.441. The smallest absolute Gasteiger partial charge is 0.414 e. The van der Waals surface area contributed by atoms with Crippen molar-refractivity contribution >= 4 is 52.5 Å². The zero-order chi connectivity index (χ0) is 36.3. The number of phenolic OH excluding ortho intramolecular Hbond substituents is 1. The molecule has 2 aromatic rings. The summed E-state index contributed by atoms with van der Waals surface area (Å²) >= 11 is 0. The average Bonchev–Trinajstić information content (AvgIpc) is 2.99. The number of carbonyl (C=O) groups is 7. The van der Waals surface area contributed by atoms with E-state index in [2.05, 4.69) is 5.32 Å². The fourth-order valence-electron chi connectivity index (χ4n) is 7.60. The second kappa shape index (κ2) is 12.7. The summed E-state index contributed by atoms with van der Waals surface area (Å²) in [5.41, 5.74) is 4.60. The normalized spacial score (nSPS) is 26.0. The predicted octanol–water partition coefficient (Wildman–Crippen LogP) is 0.913. The minimum atomic E-state index is -2.87. The van der Waals surface area contributed by atoms with Crippen molar-refractivity contribution in [3.8, 4) is 5.75 Å². The summed E-state index contributed by atoms with van der Waals surface area (Å²) in [7, 11) is 6.33. The summed E-state index contributed by atoms with van der Waals surface area (Å²) in [5, 5.41) is 25.4. The highest BCUT2D eigenvalue weighted by Gasteiger charge is 2.69. The molecule has 6 atom stereocenters. The van der Waals surface area contributed by atoms with Crippen molar-refractivity contribution in [2.24, 2.45) is 29.4 Å². The van der Waals surface area contributed by atoms with Gasteiger partial charge < -0.3 is 30.3 Å². The largest absolute Gasteiger partial charge is 0.505 e. The maximum atomic E-state index is 14.2. The van der Waals surface area contributed by atoms with Gasteiger partial charge in [-0.2, -0.15) is 0 Å². The summed E-state index contributed by atoms with van der Waals surface area (Å²) in [6, 6.07) is 5.28. The van der Waals surface area contributed by atoms with E-state index in [4.69, 9.17) is 15.2 Å². The van der Waals surface area contributed by atoms with Gasteiger partial charge in [0.2, 0.25) is 12.7 Å². The lowest BCUT2D eigenvalue weighted by Gasteiger charge is -2.52. The van der Waals surface area contributed by atoms with Gasteiger partial charge in [-0.3, -0.25) is 34.2 Å². The molecule has 2 fully saturated rings. The molecule has 3 aliphatic rings. The Morgan fingerprint density at radius 3 is 2.18 bits per heavy atom. The van der Waals surface area contributed by atoms with Crippen molar-refractivity contribution in [2.75, 3.05) is 45.2 Å². The number of hydrogen-bond donors (Lipinski definition) is 4. The number of rotatable bonds is 7. The number of aliphatic hydroxyl groups is 1. The Bertz CT molecular complexity index is 1800. The summed E-state index contributed by atoms with van der Waals surface area (Å²) in [5.74, 6) is -12.8. The number of anilines is 2. The minimum absolute atomic E-state index is 0.0338. The van der Waals surface area contributed by atoms with Gasteiger partial charge in [0.1, 0.15) is 5.75 Å². The number of benzene rings is 2. The monoisotopic (exact) mass is 678 g/mol. The van der Waals surface area contributed by atoms with Gasteiger partial charge in [0.05, 0.1) is 28.8 Å². The highest BCUT2D eigenvalue weighted by atomic mass is 16.7. The van der Waals surface area contributed by atoms with Gasteiger partial charge in [-0.1, -0.05) is 17.2 Å². The molecule has 0 saturated heterocycles. The summed E-state index contributed by atoms with van der Waals surface area (Å²) in [6.07, 6.45) is -1.21. The van der Waals surface area contributed by atoms with Crippen LogP contribution in [-0.2, 0) is 35.1 Å². The number of aryl methyl sites for hydroxylation is 2. The van der Waals surface area contributed by atoms with Gasteiger partial charge in [-0.15, -0.1) is 0 Å². The average molecular weight is 679 g/mol. The summed E-state index contributed by atoms with van der Waals surface area (Å²) < 4.78 is 10.0. The van der Waals surface area contributed by atoms with Crippen LogP contribution in [0.25, 0.3) is 0 Å². The van der Waals surface area contributed by atoms with Crippen LogP contribution in [0.15, 0.2) is 24.3 Å². The Hall–Kier alpha value is -5.15. The number of aromatic hydroxyl groups is 1. The van der Waals surface area contributed by atoms with E-state index in [-0.39, 0.29) is 29.7 Å². The summed E-state index contributed by atoms with van der Waals surface area (Å²) in [6.45, 7) is 2.86. The molecule has 0 aliphatic heterocycles. The number of ether oxygens (including phenoxy) is 2. The van der Waals surface area contributed by atoms with Crippen LogP contribution in [-0.4, -0.2) is 103 Å². The molecule has 2 amide bonds. The van der Waals surface area contributed by atoms with Crippen molar-refractivity contribution in [1.29, 1.82) is 0 Å². The number of esters is 1. The van der Waals surface area contributed by atoms with E-state index in [1.54, 1.807) is 31.1 Å². The van der Waals surface area contributed by atoms with Gasteiger partial charge in [0.15, 0.2) is 34.7 Å². The Labute approximate surface area is 281 Å². The van der Waals surface area contributed by atoms with E-state index in [0.29, 0.717) is 11.3 Å². The third kappa shape index (κ3) is 5.82. The van der Waals surface area contributed by atoms with Crippen LogP contribution in [0, 0.1) is 37.5 Å². The number of ketones is 4. The number of primary amides is 1. The lowest BCUT2D eigenvalue weighted by atomic mass is 9.52. The van der Waals surface area contributed by atoms with Crippen LogP contribution in [0.3, 0.4) is 0 Å². The van der Waals surface area contributed by atoms with Gasteiger partial charge in [-0.05, 0) is 70.5 Å². The van der Waals surface area contributed by atoms with Crippen LogP contribution in [0.4, 0.5) is 16.2 Å². The maximum absolute atomic E-state index is 14.2. The molecular weight excluding hydrogens is 640 g/mol. The van der Waals surface area contributed by atoms with Crippen molar-refractivity contribution in [3.63, 3.8) is 0 Å². The van der Waals surface area contributed by atoms with Crippen molar-refractivity contribution in [2.45, 2.75) is 38.3 Å². The number of nitrogens with one attached hydrogen (secondary N) is 1. The molecule has 3 aliphatic carbocycles. The van der Waals surface area contributed by atoms with E-state index >= 15 is 0 Å². The lowest BCUT2D eigenvalue weighted by Crippen LogP contribution is -2.74. The molecule has 2 aromatic carbocycles. The first-order valence-corrected chi connectivity index (χ1v) is 15.5. The highest BCUT2D eigenvalue weighted by molar-refractivity contribution is 6.32. The van der Waals surface area contributed by atoms with Crippen LogP contribution < -0.4 is 16.0 Å². The zero-order valence-corrected chi connectivity index (χ0v) is 27.9. The Morgan fingerprint density at radius 1 is 0.980 bits per heavy atom. The number of likely N-dealkylation sites (N-methyl/N-ethyl adjacent to an activating group) is 1. The quantitative estimate of drug-likeness (QED) is 0.139. The topological polar surface area (TPSA) is 223 Å². The van der Waals surface area contributed by atoms with Crippen LogP contribution in [0.2, 0.25) is 0 Å². The number of Topliss-reactive ketones (excluding diaryl/α,β-unsaturated/α-hetero) is 4. The van der Waals surface area contributed by atoms with Gasteiger partial charge in [0, 0.05) is 25.7 Å². The molecule has 49 heavy (non-hydrogen) atoms. The first-order valence-electron chi connectivity index (χ1n) is 15.5. The molecule has 0 radical (unpaired) electrons. The fourth-order valence-corrected chi connectivity index (χ4v) is 7.60. The zero-order valence-electron chi connectivity index (χ0n) is 27.9. The van der Waals surface area contributed by atoms with Gasteiger partial charge in [-0.25, -0.2) is 9.59 Å². The lowest BCUT2D eigenvalue weighted by molar-refractivity contribution is -0.181. The molecule has 5 N–H and O–H groups in total. The SMILES string of the molecule is Cc1cc(C)cc(C(=O)OCOC(=O)Nc2cc(N(C)C)c3c(c2O)C(=O)C2C(=O)[C@]4(O)C(=O)C(C(N)=O)C(=O)[C@@H](N(C)C)[C@@H]4C[C@@H]2C3)c1. The second-order valence-corrected chi connectivity index (χ2v) is 13.3. The standard InChI is InChI=1S/C34H38N4O11/c1-14-7-15(2)9-17(8-14)32(45)48-13-49-33(46)36-20-12-21(37(3)4)18-10-16-11-19-25(38(5)6)28(41)24(31(35)44)30(43)34(19,47)29(42)22(16)27(40)23(18)26(20)39/h7-9,12,16,19,22,24-25,39,47H,10-11,13H2,1-6H3,(H2,35,44)(H,36,46)/t16-,19-,22?,24?,25-,34-/m0/s1. The van der Waals surface area contributed by atoms with Crippen LogP contribution in [0.5, 0.6) is 5.75 Å². The second-order valence-electron chi connectivity index (χ2n) is 13.3. The van der Waals surface area contributed by atoms with E-state index in [1.165, 1.54) is 25.1 Å². The number of fused-ring (bicyclic) bond motifs is 3. The molecule has 0 aromatic heterocycles. The number of amides is 2. The van der Waals surface area contributed by atoms with E-state index in [1.807, 2.05) is 19.9 Å². The van der Waals surface area contributed by atoms with E-state index < -0.39 is 89.0 Å². The number of hydrogen-bond acceptors (Lipinski definition) is 13. The predicted molar refractivity (Wildman–Crippen MR) is 172 cm³/mol. The molecule has 15 heteroatoms. The van der Waals surface area contributed by atoms with Crippen molar-refractivity contribution in [1.82, 2.24) is 4.90 Å². The Kier molecular flexibility index (Phi) is 9.12. The van der Waals surface area contributed by atoms with E-state index in [0.717, 1.165) is 11.1 Å². The molecule has 0 heterocycles. The van der Waals surface area contributed by atoms with Crippen molar-refractivity contribution in [3.05, 3.63) is 52.1 Å². The van der Waals surface area contributed by atoms with Gasteiger partial charge in [0.25, 0.3) is 0 Å². The van der Waals surface area contributed by atoms with Crippen molar-refractivity contribution < 1.29 is 53.2 Å². The van der Waals surface area contributed by atoms with E-state index in [9.17, 15) is 43.8 Å². The highest BCUT2D eigenvalue weighted by Crippen LogP contribution is 2.52. The first kappa shape index (κ1) is 35.2. The number of carbonyl (C=O) groups excluding carboxylic acids is 7. The first-order chi connectivity index (χ1) is 22.9. The summed E-state index contributed by atoms with van der Waals surface area (Å²) in [4.78, 5) is 95.4. The number of nitrogens with zero attached hydrogens (tertiary/aromatic N) is 2. The number of phenols is 1. The van der Waals surface area contributed by atoms with Gasteiger partial charge >= 0.3 is 12.1 Å². The molecule has 15 nitrogen and oxygen atoms in total. The third-order valence-corrected chi connectivity index (χ3v) is 9.59. The Morgan fingerprint density at radius 2 is 1.61 bits per heavy atom. The van der Waals surface area contributed by atoms with Crippen LogP contribution in [0.1, 0.15) is 43.8 Å². The third-order valence-electron chi connectivity index (χ3n) is 9.59. The Balaban J connectivity index is 1.44.